The molecule has 0 saturated carbocycles. The van der Waals surface area contributed by atoms with Crippen LogP contribution in [0.3, 0.4) is 0 Å². The van der Waals surface area contributed by atoms with Crippen molar-refractivity contribution in [2.45, 2.75) is 37.3 Å². The molecule has 0 aliphatic heterocycles. The van der Waals surface area contributed by atoms with E-state index in [0.29, 0.717) is 8.95 Å². The van der Waals surface area contributed by atoms with Crippen LogP contribution in [0, 0.1) is 6.92 Å². The summed E-state index contributed by atoms with van der Waals surface area (Å²) in [4.78, 5) is 0.0517. The third-order valence-electron chi connectivity index (χ3n) is 2.68. The molecule has 0 spiro atoms. The van der Waals surface area contributed by atoms with E-state index in [1.807, 2.05) is 6.92 Å². The van der Waals surface area contributed by atoms with Crippen LogP contribution in [0.2, 0.25) is 0 Å². The second-order valence-electron chi connectivity index (χ2n) is 4.50. The predicted octanol–water partition coefficient (Wildman–Crippen LogP) is 4.53. The molecule has 0 bridgehead atoms. The van der Waals surface area contributed by atoms with Crippen molar-refractivity contribution in [3.63, 3.8) is 0 Å². The number of aryl methyl sites for hydroxylation is 1. The van der Waals surface area contributed by atoms with Gasteiger partial charge in [-0.3, -0.25) is 0 Å². The molecule has 0 saturated heterocycles. The van der Waals surface area contributed by atoms with E-state index >= 15 is 0 Å². The Morgan fingerprint density at radius 1 is 1.14 bits per heavy atom. The summed E-state index contributed by atoms with van der Waals surface area (Å²) >= 11 is 6.43. The molecule has 0 aliphatic carbocycles. The summed E-state index contributed by atoms with van der Waals surface area (Å²) in [6.45, 7) is 1.78. The fourth-order valence-electron chi connectivity index (χ4n) is 1.57. The zero-order valence-electron chi connectivity index (χ0n) is 11.1. The van der Waals surface area contributed by atoms with Gasteiger partial charge in [0.1, 0.15) is 0 Å². The Bertz CT molecular complexity index is 603. The first-order valence-corrected chi connectivity index (χ1v) is 9.12. The van der Waals surface area contributed by atoms with Crippen LogP contribution in [0.4, 0.5) is 13.2 Å². The second-order valence-corrected chi connectivity index (χ2v) is 7.95. The maximum atomic E-state index is 12.1. The molecule has 1 N–H and O–H groups in total. The maximum Gasteiger partial charge on any atom is 0.389 e. The largest absolute Gasteiger partial charge is 0.389 e. The highest BCUT2D eigenvalue weighted by Gasteiger charge is 2.26. The van der Waals surface area contributed by atoms with Crippen LogP contribution in [0.25, 0.3) is 0 Å². The highest BCUT2D eigenvalue weighted by molar-refractivity contribution is 9.11. The molecule has 120 valence electrons. The van der Waals surface area contributed by atoms with Crippen LogP contribution >= 0.6 is 31.9 Å². The van der Waals surface area contributed by atoms with Gasteiger partial charge in [0.15, 0.2) is 0 Å². The summed E-state index contributed by atoms with van der Waals surface area (Å²) in [5.41, 5.74) is 0.867. The number of benzene rings is 1. The molecular weight excluding hydrogens is 439 g/mol. The zero-order chi connectivity index (χ0) is 16.3. The number of alkyl halides is 3. The monoisotopic (exact) mass is 451 g/mol. The van der Waals surface area contributed by atoms with E-state index in [-0.39, 0.29) is 24.3 Å². The Balaban J connectivity index is 2.64. The van der Waals surface area contributed by atoms with Gasteiger partial charge in [0.25, 0.3) is 0 Å². The average Bonchev–Trinajstić information content (AvgIpc) is 2.31. The minimum Gasteiger partial charge on any atom is -0.211 e. The molecule has 0 amide bonds. The van der Waals surface area contributed by atoms with E-state index < -0.39 is 22.6 Å². The predicted molar refractivity (Wildman–Crippen MR) is 81.7 cm³/mol. The first kappa shape index (κ1) is 18.9. The minimum absolute atomic E-state index is 0.0314. The third-order valence-corrected chi connectivity index (χ3v) is 5.96. The Morgan fingerprint density at radius 2 is 1.76 bits per heavy atom. The van der Waals surface area contributed by atoms with Crippen molar-refractivity contribution in [1.82, 2.24) is 4.72 Å². The summed E-state index contributed by atoms with van der Waals surface area (Å²) in [6.07, 6.45) is -5.09. The lowest BCUT2D eigenvalue weighted by atomic mass is 10.2. The molecule has 3 nitrogen and oxygen atoms in total. The van der Waals surface area contributed by atoms with E-state index in [2.05, 4.69) is 36.6 Å². The molecule has 0 heterocycles. The first-order chi connectivity index (χ1) is 9.53. The lowest BCUT2D eigenvalue weighted by molar-refractivity contribution is -0.135. The van der Waals surface area contributed by atoms with E-state index in [1.54, 1.807) is 6.07 Å². The van der Waals surface area contributed by atoms with Crippen LogP contribution in [0.1, 0.15) is 24.8 Å². The van der Waals surface area contributed by atoms with Crippen molar-refractivity contribution in [3.05, 3.63) is 26.6 Å². The van der Waals surface area contributed by atoms with Gasteiger partial charge >= 0.3 is 6.18 Å². The number of nitrogens with one attached hydrogen (secondary N) is 1. The van der Waals surface area contributed by atoms with Crippen molar-refractivity contribution < 1.29 is 21.6 Å². The van der Waals surface area contributed by atoms with Gasteiger partial charge in [-0.05, 0) is 53.4 Å². The molecule has 9 heteroatoms. The summed E-state index contributed by atoms with van der Waals surface area (Å²) in [7, 11) is -3.75. The highest BCUT2D eigenvalue weighted by atomic mass is 79.9. The van der Waals surface area contributed by atoms with Crippen molar-refractivity contribution in [3.8, 4) is 0 Å². The molecule has 0 atom stereocenters. The second kappa shape index (κ2) is 7.43. The normalized spacial score (nSPS) is 12.7. The van der Waals surface area contributed by atoms with Crippen LogP contribution in [-0.4, -0.2) is 21.1 Å². The smallest absolute Gasteiger partial charge is 0.211 e. The van der Waals surface area contributed by atoms with Crippen LogP contribution < -0.4 is 4.72 Å². The van der Waals surface area contributed by atoms with Crippen LogP contribution in [-0.2, 0) is 10.0 Å². The van der Waals surface area contributed by atoms with E-state index in [1.165, 1.54) is 6.07 Å². The molecule has 1 aromatic rings. The van der Waals surface area contributed by atoms with Crippen LogP contribution in [0.15, 0.2) is 26.0 Å². The summed E-state index contributed by atoms with van der Waals surface area (Å²) < 4.78 is 63.4. The number of hydrogen-bond donors (Lipinski definition) is 1. The third kappa shape index (κ3) is 6.25. The molecule has 0 fully saturated rings. The topological polar surface area (TPSA) is 46.2 Å². The van der Waals surface area contributed by atoms with E-state index in [9.17, 15) is 21.6 Å². The van der Waals surface area contributed by atoms with Crippen LogP contribution in [0.5, 0.6) is 0 Å². The number of halogens is 5. The molecule has 1 aromatic carbocycles. The number of unbranched alkanes of at least 4 members (excludes halogenated alkanes) is 1. The molecule has 0 unspecified atom stereocenters. The standard InChI is InChI=1S/C12H14Br2F3NO2S/c1-8-6-10(14)11(7-9(8)13)21(19,20)18-5-3-2-4-12(15,16)17/h6-7,18H,2-5H2,1H3. The lowest BCUT2D eigenvalue weighted by Gasteiger charge is -2.11. The van der Waals surface area contributed by atoms with Crippen molar-refractivity contribution in [2.24, 2.45) is 0 Å². The van der Waals surface area contributed by atoms with Gasteiger partial charge in [0.2, 0.25) is 10.0 Å². The Hall–Kier alpha value is -0.120. The number of rotatable bonds is 6. The van der Waals surface area contributed by atoms with Gasteiger partial charge in [0.05, 0.1) is 4.90 Å². The quantitative estimate of drug-likeness (QED) is 0.644. The van der Waals surface area contributed by atoms with Crippen molar-refractivity contribution in [2.75, 3.05) is 6.54 Å². The van der Waals surface area contributed by atoms with Gasteiger partial charge < -0.3 is 0 Å². The summed E-state index contributed by atoms with van der Waals surface area (Å²) in [5.74, 6) is 0. The Kier molecular flexibility index (Phi) is 6.70. The van der Waals surface area contributed by atoms with E-state index in [0.717, 1.165) is 5.56 Å². The Labute approximate surface area is 138 Å². The minimum atomic E-state index is -4.20. The molecule has 1 rings (SSSR count). The van der Waals surface area contributed by atoms with Crippen molar-refractivity contribution >= 4 is 41.9 Å². The van der Waals surface area contributed by atoms with E-state index in [4.69, 9.17) is 0 Å². The fraction of sp³-hybridized carbons (Fsp3) is 0.500. The van der Waals surface area contributed by atoms with Crippen molar-refractivity contribution in [1.29, 1.82) is 0 Å². The lowest BCUT2D eigenvalue weighted by Crippen LogP contribution is -2.25. The maximum absolute atomic E-state index is 12.1. The number of sulfonamides is 1. The van der Waals surface area contributed by atoms with Gasteiger partial charge in [-0.25, -0.2) is 13.1 Å². The Morgan fingerprint density at radius 3 is 2.33 bits per heavy atom. The average molecular weight is 453 g/mol. The van der Waals surface area contributed by atoms with Gasteiger partial charge in [0, 0.05) is 21.9 Å². The molecular formula is C12H14Br2F3NO2S. The zero-order valence-corrected chi connectivity index (χ0v) is 15.1. The SMILES string of the molecule is Cc1cc(Br)c(S(=O)(=O)NCCCCC(F)(F)F)cc1Br. The first-order valence-electron chi connectivity index (χ1n) is 6.05. The number of hydrogen-bond acceptors (Lipinski definition) is 2. The molecule has 21 heavy (non-hydrogen) atoms. The molecule has 0 radical (unpaired) electrons. The van der Waals surface area contributed by atoms with Gasteiger partial charge in [-0.1, -0.05) is 15.9 Å². The summed E-state index contributed by atoms with van der Waals surface area (Å²) in [6, 6.07) is 3.11. The van der Waals surface area contributed by atoms with Gasteiger partial charge in [-0.2, -0.15) is 13.2 Å². The van der Waals surface area contributed by atoms with Gasteiger partial charge in [-0.15, -0.1) is 0 Å². The fourth-order valence-corrected chi connectivity index (χ4v) is 4.32. The highest BCUT2D eigenvalue weighted by Crippen LogP contribution is 2.28. The molecule has 0 aliphatic rings. The summed E-state index contributed by atoms with van der Waals surface area (Å²) in [5, 5.41) is 0. The molecule has 0 aromatic heterocycles.